The summed E-state index contributed by atoms with van der Waals surface area (Å²) in [5.41, 5.74) is 1.19. The van der Waals surface area contributed by atoms with Crippen LogP contribution in [0.4, 0.5) is 0 Å². The maximum Gasteiger partial charge on any atom is 0.194 e. The number of ether oxygens (including phenoxy) is 2. The van der Waals surface area contributed by atoms with Crippen molar-refractivity contribution in [2.75, 3.05) is 33.4 Å². The van der Waals surface area contributed by atoms with Crippen molar-refractivity contribution < 1.29 is 9.47 Å². The third kappa shape index (κ3) is 8.47. The van der Waals surface area contributed by atoms with Gasteiger partial charge in [0.05, 0.1) is 6.61 Å². The molecule has 30 heavy (non-hydrogen) atoms. The highest BCUT2D eigenvalue weighted by atomic mass is 127. The molecule has 2 rings (SSSR count). The summed E-state index contributed by atoms with van der Waals surface area (Å²) < 4.78 is 12.9. The average Bonchev–Trinajstić information content (AvgIpc) is 3.03. The minimum Gasteiger partial charge on any atom is -0.494 e. The second kappa shape index (κ2) is 14.2. The highest BCUT2D eigenvalue weighted by molar-refractivity contribution is 14.0. The van der Waals surface area contributed by atoms with Crippen molar-refractivity contribution in [1.82, 2.24) is 25.0 Å². The third-order valence-corrected chi connectivity index (χ3v) is 4.52. The standard InChI is InChI=1S/C21H34N6O2.HI/c1-6-28-14-8-13-22-21(23-15-20-25-24-17(3)27(20)5)26(4)16-18-9-11-19(12-10-18)29-7-2;/h9-12H,6-8,13-16H2,1-5H3,(H,22,23);1H. The van der Waals surface area contributed by atoms with Gasteiger partial charge in [0.25, 0.3) is 0 Å². The molecule has 0 amide bonds. The molecule has 0 radical (unpaired) electrons. The molecule has 0 unspecified atom stereocenters. The highest BCUT2D eigenvalue weighted by Gasteiger charge is 2.10. The predicted octanol–water partition coefficient (Wildman–Crippen LogP) is 3.14. The summed E-state index contributed by atoms with van der Waals surface area (Å²) in [6.45, 7) is 10.1. The molecule has 0 aliphatic heterocycles. The van der Waals surface area contributed by atoms with Crippen LogP contribution in [-0.2, 0) is 24.9 Å². The fraction of sp³-hybridized carbons (Fsp3) is 0.571. The predicted molar refractivity (Wildman–Crippen MR) is 130 cm³/mol. The molecule has 0 aliphatic carbocycles. The summed E-state index contributed by atoms with van der Waals surface area (Å²) in [6.07, 6.45) is 0.923. The topological polar surface area (TPSA) is 76.8 Å². The number of hydrogen-bond acceptors (Lipinski definition) is 5. The molecule has 0 saturated carbocycles. The van der Waals surface area contributed by atoms with Gasteiger partial charge in [-0.15, -0.1) is 34.2 Å². The van der Waals surface area contributed by atoms with E-state index in [1.54, 1.807) is 0 Å². The van der Waals surface area contributed by atoms with E-state index in [-0.39, 0.29) is 24.0 Å². The Balaban J connectivity index is 0.00000450. The van der Waals surface area contributed by atoms with E-state index in [0.717, 1.165) is 56.1 Å². The smallest absolute Gasteiger partial charge is 0.194 e. The first kappa shape index (κ1) is 26.2. The largest absolute Gasteiger partial charge is 0.494 e. The number of halogens is 1. The molecule has 0 atom stereocenters. The Morgan fingerprint density at radius 1 is 1.17 bits per heavy atom. The van der Waals surface area contributed by atoms with Crippen LogP contribution in [0.15, 0.2) is 29.3 Å². The van der Waals surface area contributed by atoms with Crippen LogP contribution in [0, 0.1) is 6.92 Å². The Morgan fingerprint density at radius 3 is 2.50 bits per heavy atom. The van der Waals surface area contributed by atoms with Gasteiger partial charge < -0.3 is 24.3 Å². The van der Waals surface area contributed by atoms with E-state index in [1.807, 2.05) is 51.6 Å². The fourth-order valence-electron chi connectivity index (χ4n) is 2.77. The Labute approximate surface area is 197 Å². The van der Waals surface area contributed by atoms with Crippen LogP contribution in [-0.4, -0.2) is 59.0 Å². The summed E-state index contributed by atoms with van der Waals surface area (Å²) in [5.74, 6) is 3.44. The molecule has 0 bridgehead atoms. The SMILES string of the molecule is CCOCCCNC(=NCc1nnc(C)n1C)N(C)Cc1ccc(OCC)cc1.I. The third-order valence-electron chi connectivity index (χ3n) is 4.52. The average molecular weight is 530 g/mol. The van der Waals surface area contributed by atoms with Gasteiger partial charge in [0.15, 0.2) is 11.8 Å². The van der Waals surface area contributed by atoms with E-state index in [0.29, 0.717) is 13.2 Å². The van der Waals surface area contributed by atoms with Crippen molar-refractivity contribution in [3.63, 3.8) is 0 Å². The molecular formula is C21H35IN6O2. The lowest BCUT2D eigenvalue weighted by Crippen LogP contribution is -2.39. The lowest BCUT2D eigenvalue weighted by molar-refractivity contribution is 0.145. The monoisotopic (exact) mass is 530 g/mol. The molecule has 2 aromatic rings. The van der Waals surface area contributed by atoms with Crippen LogP contribution in [0.1, 0.15) is 37.5 Å². The number of aliphatic imine (C=N–C) groups is 1. The van der Waals surface area contributed by atoms with Crippen LogP contribution in [0.25, 0.3) is 0 Å². The number of hydrogen-bond donors (Lipinski definition) is 1. The van der Waals surface area contributed by atoms with Crippen LogP contribution >= 0.6 is 24.0 Å². The van der Waals surface area contributed by atoms with E-state index >= 15 is 0 Å². The van der Waals surface area contributed by atoms with Gasteiger partial charge in [-0.3, -0.25) is 0 Å². The summed E-state index contributed by atoms with van der Waals surface area (Å²) in [5, 5.41) is 11.8. The molecule has 1 N–H and O–H groups in total. The molecule has 0 spiro atoms. The molecule has 0 saturated heterocycles. The number of guanidine groups is 1. The zero-order valence-electron chi connectivity index (χ0n) is 18.7. The van der Waals surface area contributed by atoms with Crippen LogP contribution in [0.3, 0.4) is 0 Å². The van der Waals surface area contributed by atoms with Gasteiger partial charge in [-0.05, 0) is 44.9 Å². The van der Waals surface area contributed by atoms with Gasteiger partial charge in [-0.1, -0.05) is 12.1 Å². The number of benzene rings is 1. The minimum absolute atomic E-state index is 0. The summed E-state index contributed by atoms with van der Waals surface area (Å²) >= 11 is 0. The van der Waals surface area contributed by atoms with Crippen molar-refractivity contribution in [2.45, 2.75) is 40.3 Å². The summed E-state index contributed by atoms with van der Waals surface area (Å²) in [7, 11) is 3.99. The van der Waals surface area contributed by atoms with Crippen LogP contribution < -0.4 is 10.1 Å². The second-order valence-electron chi connectivity index (χ2n) is 6.77. The van der Waals surface area contributed by atoms with Crippen LogP contribution in [0.2, 0.25) is 0 Å². The summed E-state index contributed by atoms with van der Waals surface area (Å²) in [4.78, 5) is 6.88. The zero-order valence-corrected chi connectivity index (χ0v) is 21.1. The molecule has 9 heteroatoms. The molecule has 168 valence electrons. The zero-order chi connectivity index (χ0) is 21.1. The number of nitrogens with zero attached hydrogens (tertiary/aromatic N) is 5. The van der Waals surface area contributed by atoms with Crippen molar-refractivity contribution in [1.29, 1.82) is 0 Å². The van der Waals surface area contributed by atoms with Crippen molar-refractivity contribution in [3.05, 3.63) is 41.5 Å². The number of rotatable bonds is 11. The molecule has 1 aromatic carbocycles. The summed E-state index contributed by atoms with van der Waals surface area (Å²) in [6, 6.07) is 8.17. The number of aryl methyl sites for hydroxylation is 1. The van der Waals surface area contributed by atoms with Gasteiger partial charge in [0.1, 0.15) is 18.1 Å². The van der Waals surface area contributed by atoms with Gasteiger partial charge in [-0.25, -0.2) is 4.99 Å². The van der Waals surface area contributed by atoms with Gasteiger partial charge in [0.2, 0.25) is 0 Å². The number of aromatic nitrogens is 3. The van der Waals surface area contributed by atoms with Crippen molar-refractivity contribution in [2.24, 2.45) is 12.0 Å². The molecule has 0 fully saturated rings. The van der Waals surface area contributed by atoms with E-state index in [2.05, 4.69) is 32.5 Å². The molecular weight excluding hydrogens is 495 g/mol. The first-order valence-electron chi connectivity index (χ1n) is 10.2. The molecule has 1 aromatic heterocycles. The first-order chi connectivity index (χ1) is 14.0. The first-order valence-corrected chi connectivity index (χ1v) is 10.2. The highest BCUT2D eigenvalue weighted by Crippen LogP contribution is 2.13. The lowest BCUT2D eigenvalue weighted by Gasteiger charge is -2.23. The van der Waals surface area contributed by atoms with Gasteiger partial charge >= 0.3 is 0 Å². The van der Waals surface area contributed by atoms with Gasteiger partial charge in [0, 0.05) is 40.4 Å². The Kier molecular flexibility index (Phi) is 12.4. The molecule has 0 aliphatic rings. The molecule has 8 nitrogen and oxygen atoms in total. The van der Waals surface area contributed by atoms with E-state index in [1.165, 1.54) is 5.56 Å². The van der Waals surface area contributed by atoms with E-state index < -0.39 is 0 Å². The number of nitrogens with one attached hydrogen (secondary N) is 1. The van der Waals surface area contributed by atoms with Crippen molar-refractivity contribution >= 4 is 29.9 Å². The lowest BCUT2D eigenvalue weighted by atomic mass is 10.2. The normalized spacial score (nSPS) is 11.2. The maximum atomic E-state index is 5.52. The quantitative estimate of drug-likeness (QED) is 0.208. The Hall–Kier alpha value is -1.88. The van der Waals surface area contributed by atoms with E-state index in [9.17, 15) is 0 Å². The fourth-order valence-corrected chi connectivity index (χ4v) is 2.77. The van der Waals surface area contributed by atoms with Crippen molar-refractivity contribution in [3.8, 4) is 5.75 Å². The van der Waals surface area contributed by atoms with E-state index in [4.69, 9.17) is 14.5 Å². The Morgan fingerprint density at radius 2 is 1.90 bits per heavy atom. The Bertz CT molecular complexity index is 763. The minimum atomic E-state index is 0. The van der Waals surface area contributed by atoms with Crippen LogP contribution in [0.5, 0.6) is 5.75 Å². The second-order valence-corrected chi connectivity index (χ2v) is 6.77. The van der Waals surface area contributed by atoms with Gasteiger partial charge in [-0.2, -0.15) is 0 Å². The molecule has 1 heterocycles. The maximum absolute atomic E-state index is 5.52.